The molecule has 0 aliphatic heterocycles. The number of hydrogen-bond acceptors (Lipinski definition) is 6. The average Bonchev–Trinajstić information content (AvgIpc) is 2.95. The smallest absolute Gasteiger partial charge is 0.338 e. The molecule has 230 valence electrons. The number of nitrogens with zero attached hydrogens (tertiary/aromatic N) is 2. The number of aliphatic carboxylic acids is 1. The monoisotopic (exact) mass is 655 g/mol. The van der Waals surface area contributed by atoms with Crippen molar-refractivity contribution in [2.75, 3.05) is 0 Å². The normalized spacial score (nSPS) is 12.9. The van der Waals surface area contributed by atoms with Crippen LogP contribution in [0.1, 0.15) is 33.2 Å². The largest absolute Gasteiger partial charge is 0.480 e. The van der Waals surface area contributed by atoms with E-state index in [4.69, 9.17) is 27.9 Å². The highest BCUT2D eigenvalue weighted by atomic mass is 35.5. The molecule has 0 saturated carbocycles. The topological polar surface area (TPSA) is 137 Å². The Hall–Kier alpha value is -4.19. The molecular weight excluding hydrogens is 625 g/mol. The molecule has 4 aromatic rings. The van der Waals surface area contributed by atoms with Gasteiger partial charge in [0.25, 0.3) is 11.5 Å². The zero-order valence-corrected chi connectivity index (χ0v) is 27.2. The van der Waals surface area contributed by atoms with Crippen LogP contribution < -0.4 is 16.6 Å². The van der Waals surface area contributed by atoms with Gasteiger partial charge >= 0.3 is 17.6 Å². The number of esters is 1. The second-order valence-electron chi connectivity index (χ2n) is 11.5. The number of nitrogens with one attached hydrogen (secondary N) is 1. The molecule has 10 nitrogen and oxygen atoms in total. The van der Waals surface area contributed by atoms with Gasteiger partial charge in [-0.2, -0.15) is 0 Å². The molecule has 3 aromatic carbocycles. The first kappa shape index (κ1) is 32.7. The summed E-state index contributed by atoms with van der Waals surface area (Å²) in [7, 11) is -0.239. The maximum Gasteiger partial charge on any atom is 0.338 e. The van der Waals surface area contributed by atoms with Crippen molar-refractivity contribution in [2.24, 2.45) is 7.05 Å². The number of carbonyl (C=O) groups is 3. The summed E-state index contributed by atoms with van der Waals surface area (Å²) in [6.45, 7) is 8.10. The summed E-state index contributed by atoms with van der Waals surface area (Å²) < 4.78 is 7.92. The number of hydrogen-bond donors (Lipinski definition) is 2. The predicted molar refractivity (Wildman–Crippen MR) is 172 cm³/mol. The molecule has 0 aliphatic rings. The predicted octanol–water partition coefficient (Wildman–Crippen LogP) is 4.84. The number of rotatable bonds is 9. The van der Waals surface area contributed by atoms with Crippen molar-refractivity contribution < 1.29 is 24.2 Å². The van der Waals surface area contributed by atoms with Crippen LogP contribution in [0.3, 0.4) is 0 Å². The summed E-state index contributed by atoms with van der Waals surface area (Å²) in [5, 5.41) is 12.5. The molecule has 1 heterocycles. The SMILES string of the molecule is CC(OC(=O)c1ccc2c(c1)c(=O)n(-c1ccc(C[C@H](NC(=O)c3c(Cl)cccc3Cl)C(=O)O)cc1)c(=O)n2C)[Si](C)(C)C. The quantitative estimate of drug-likeness (QED) is 0.194. The van der Waals surface area contributed by atoms with Crippen molar-refractivity contribution in [1.29, 1.82) is 0 Å². The van der Waals surface area contributed by atoms with Crippen LogP contribution in [0.25, 0.3) is 16.6 Å². The van der Waals surface area contributed by atoms with Gasteiger partial charge in [-0.25, -0.2) is 19.0 Å². The third kappa shape index (κ3) is 6.80. The average molecular weight is 657 g/mol. The van der Waals surface area contributed by atoms with E-state index in [2.05, 4.69) is 25.0 Å². The van der Waals surface area contributed by atoms with Crippen LogP contribution in [0.5, 0.6) is 0 Å². The van der Waals surface area contributed by atoms with Crippen LogP contribution >= 0.6 is 23.2 Å². The lowest BCUT2D eigenvalue weighted by Gasteiger charge is -2.25. The standard InChI is InChI=1S/C31H31Cl2N3O7Si/c1-17(44(3,4)5)43-30(41)19-11-14-25-21(16-19)28(38)36(31(42)35(25)2)20-12-9-18(10-13-20)15-24(29(39)40)34-27(37)26-22(32)7-6-8-23(26)33/h6-14,16-17,24H,15H2,1-5H3,(H,34,37)(H,39,40)/t17?,24-/m0/s1. The molecule has 0 fully saturated rings. The number of aromatic nitrogens is 2. The first-order chi connectivity index (χ1) is 20.6. The Morgan fingerprint density at radius 1 is 0.977 bits per heavy atom. The van der Waals surface area contributed by atoms with Gasteiger partial charge < -0.3 is 15.2 Å². The van der Waals surface area contributed by atoms with Gasteiger partial charge in [-0.05, 0) is 55.0 Å². The van der Waals surface area contributed by atoms with E-state index in [0.29, 0.717) is 11.1 Å². The molecule has 44 heavy (non-hydrogen) atoms. The molecule has 4 rings (SSSR count). The fourth-order valence-corrected chi connectivity index (χ4v) is 5.41. The molecule has 2 atom stereocenters. The van der Waals surface area contributed by atoms with Gasteiger partial charge in [0.2, 0.25) is 0 Å². The first-order valence-corrected chi connectivity index (χ1v) is 18.0. The summed E-state index contributed by atoms with van der Waals surface area (Å²) in [5.41, 5.74) is -0.225. The van der Waals surface area contributed by atoms with Crippen molar-refractivity contribution in [3.63, 3.8) is 0 Å². The Kier molecular flexibility index (Phi) is 9.52. The molecule has 0 aliphatic carbocycles. The highest BCUT2D eigenvalue weighted by Crippen LogP contribution is 2.24. The van der Waals surface area contributed by atoms with Crippen molar-refractivity contribution >= 4 is 60.0 Å². The zero-order valence-electron chi connectivity index (χ0n) is 24.7. The van der Waals surface area contributed by atoms with E-state index >= 15 is 0 Å². The van der Waals surface area contributed by atoms with Gasteiger partial charge in [-0.3, -0.25) is 14.2 Å². The lowest BCUT2D eigenvalue weighted by Crippen LogP contribution is -2.42. The minimum Gasteiger partial charge on any atom is -0.480 e. The van der Waals surface area contributed by atoms with Gasteiger partial charge in [0.15, 0.2) is 0 Å². The summed E-state index contributed by atoms with van der Waals surface area (Å²) in [5.74, 6) is -2.57. The number of carbonyl (C=O) groups excluding carboxylic acids is 2. The summed E-state index contributed by atoms with van der Waals surface area (Å²) >= 11 is 12.2. The number of carboxylic acids is 1. The fraction of sp³-hybridized carbons (Fsp3) is 0.258. The van der Waals surface area contributed by atoms with Crippen LogP contribution in [0, 0.1) is 0 Å². The van der Waals surface area contributed by atoms with E-state index in [0.717, 1.165) is 4.57 Å². The molecular formula is C31H31Cl2N3O7Si. The molecule has 1 aromatic heterocycles. The van der Waals surface area contributed by atoms with E-state index < -0.39 is 43.2 Å². The maximum absolute atomic E-state index is 13.6. The zero-order chi connectivity index (χ0) is 32.5. The van der Waals surface area contributed by atoms with E-state index in [9.17, 15) is 29.1 Å². The Bertz CT molecular complexity index is 1880. The third-order valence-corrected chi connectivity index (χ3v) is 10.6. The molecule has 1 unspecified atom stereocenters. The summed E-state index contributed by atoms with van der Waals surface area (Å²) in [4.78, 5) is 64.4. The van der Waals surface area contributed by atoms with Crippen LogP contribution in [0.15, 0.2) is 70.3 Å². The van der Waals surface area contributed by atoms with Crippen LogP contribution in [-0.2, 0) is 23.0 Å². The minimum atomic E-state index is -1.76. The van der Waals surface area contributed by atoms with Gasteiger partial charge in [0, 0.05) is 13.5 Å². The lowest BCUT2D eigenvalue weighted by atomic mass is 10.0. The summed E-state index contributed by atoms with van der Waals surface area (Å²) in [6.07, 6.45) is -0.102. The van der Waals surface area contributed by atoms with E-state index in [-0.39, 0.29) is 44.4 Å². The maximum atomic E-state index is 13.6. The minimum absolute atomic E-state index is 0.0362. The number of halogens is 2. The van der Waals surface area contributed by atoms with Gasteiger partial charge in [0.05, 0.1) is 51.6 Å². The second-order valence-corrected chi connectivity index (χ2v) is 17.8. The fourth-order valence-electron chi connectivity index (χ4n) is 4.38. The van der Waals surface area contributed by atoms with E-state index in [1.807, 2.05) is 6.92 Å². The van der Waals surface area contributed by atoms with E-state index in [1.54, 1.807) is 18.2 Å². The molecule has 2 N–H and O–H groups in total. The van der Waals surface area contributed by atoms with Crippen molar-refractivity contribution in [2.45, 2.75) is 44.8 Å². The van der Waals surface area contributed by atoms with Crippen molar-refractivity contribution in [3.8, 4) is 5.69 Å². The Morgan fingerprint density at radius 2 is 1.59 bits per heavy atom. The highest BCUT2D eigenvalue weighted by molar-refractivity contribution is 6.77. The number of fused-ring (bicyclic) bond motifs is 1. The number of ether oxygens (including phenoxy) is 1. The van der Waals surface area contributed by atoms with Crippen LogP contribution in [0.4, 0.5) is 0 Å². The molecule has 13 heteroatoms. The number of amides is 1. The van der Waals surface area contributed by atoms with E-state index in [1.165, 1.54) is 54.1 Å². The van der Waals surface area contributed by atoms with Crippen molar-refractivity contribution in [1.82, 2.24) is 14.5 Å². The van der Waals surface area contributed by atoms with Gasteiger partial charge in [-0.15, -0.1) is 0 Å². The highest BCUT2D eigenvalue weighted by Gasteiger charge is 2.27. The molecule has 0 radical (unpaired) electrons. The number of carboxylic acid groups (broad SMARTS) is 1. The molecule has 0 bridgehead atoms. The number of aryl methyl sites for hydroxylation is 1. The lowest BCUT2D eigenvalue weighted by molar-refractivity contribution is -0.139. The Labute approximate surface area is 263 Å². The van der Waals surface area contributed by atoms with Crippen LogP contribution in [-0.4, -0.2) is 51.9 Å². The molecule has 0 saturated heterocycles. The van der Waals surface area contributed by atoms with Gasteiger partial charge in [0.1, 0.15) is 6.04 Å². The summed E-state index contributed by atoms with van der Waals surface area (Å²) in [6, 6.07) is 13.8. The van der Waals surface area contributed by atoms with Gasteiger partial charge in [-0.1, -0.05) is 61.0 Å². The van der Waals surface area contributed by atoms with Crippen molar-refractivity contribution in [3.05, 3.63) is 108 Å². The Morgan fingerprint density at radius 3 is 2.16 bits per heavy atom. The molecule has 0 spiro atoms. The molecule has 1 amide bonds. The first-order valence-electron chi connectivity index (χ1n) is 13.6. The Balaban J connectivity index is 1.63. The van der Waals surface area contributed by atoms with Crippen LogP contribution in [0.2, 0.25) is 29.7 Å². The number of benzene rings is 3. The second kappa shape index (κ2) is 12.8. The third-order valence-electron chi connectivity index (χ3n) is 7.44.